The van der Waals surface area contributed by atoms with E-state index >= 15 is 0 Å². The molecule has 0 saturated carbocycles. The van der Waals surface area contributed by atoms with E-state index in [1.54, 1.807) is 11.4 Å². The summed E-state index contributed by atoms with van der Waals surface area (Å²) in [7, 11) is 0. The van der Waals surface area contributed by atoms with Gasteiger partial charge in [0.05, 0.1) is 6.07 Å². The van der Waals surface area contributed by atoms with Gasteiger partial charge in [0.1, 0.15) is 11.7 Å². The molecule has 7 heteroatoms. The number of allylic oxidation sites excluding steroid dienone is 1. The van der Waals surface area contributed by atoms with Gasteiger partial charge in [-0.25, -0.2) is 4.79 Å². The second-order valence-corrected chi connectivity index (χ2v) is 3.02. The van der Waals surface area contributed by atoms with Gasteiger partial charge < -0.3 is 10.2 Å². The highest BCUT2D eigenvalue weighted by Crippen LogP contribution is 2.26. The average molecular weight is 231 g/mol. The highest BCUT2D eigenvalue weighted by molar-refractivity contribution is 5.79. The maximum absolute atomic E-state index is 12.3. The summed E-state index contributed by atoms with van der Waals surface area (Å²) in [4.78, 5) is 12.2. The summed E-state index contributed by atoms with van der Waals surface area (Å²) < 4.78 is 36.9. The summed E-state index contributed by atoms with van der Waals surface area (Å²) in [6.45, 7) is 3.36. The van der Waals surface area contributed by atoms with Crippen LogP contribution in [0.4, 0.5) is 18.0 Å². The molecule has 2 amide bonds. The predicted octanol–water partition coefficient (Wildman–Crippen LogP) is 1.54. The van der Waals surface area contributed by atoms with Crippen LogP contribution in [0, 0.1) is 11.3 Å². The molecule has 0 fully saturated rings. The second-order valence-electron chi connectivity index (χ2n) is 3.02. The topological polar surface area (TPSA) is 56.1 Å². The molecule has 1 aliphatic rings. The lowest BCUT2D eigenvalue weighted by Gasteiger charge is -2.30. The van der Waals surface area contributed by atoms with E-state index in [1.807, 2.05) is 0 Å². The molecule has 1 atom stereocenters. The van der Waals surface area contributed by atoms with E-state index in [9.17, 15) is 18.0 Å². The molecule has 1 N–H and O–H groups in total. The standard InChI is InChI=1S/C9H8F3N3O/c1-2-3-15-6(5-13)4-7(9(10,11)12)14-8(15)16/h2,4,6H,1,3H2,(H,14,16). The molecule has 0 spiro atoms. The predicted molar refractivity (Wildman–Crippen MR) is 49.0 cm³/mol. The fourth-order valence-corrected chi connectivity index (χ4v) is 1.21. The number of halogens is 3. The van der Waals surface area contributed by atoms with Gasteiger partial charge in [0.15, 0.2) is 0 Å². The maximum atomic E-state index is 12.3. The van der Waals surface area contributed by atoms with Crippen LogP contribution in [0.15, 0.2) is 24.4 Å². The zero-order valence-electron chi connectivity index (χ0n) is 8.08. The molecule has 0 aliphatic carbocycles. The minimum atomic E-state index is -4.66. The normalized spacial score (nSPS) is 20.9. The Balaban J connectivity index is 3.03. The summed E-state index contributed by atoms with van der Waals surface area (Å²) >= 11 is 0. The van der Waals surface area contributed by atoms with Gasteiger partial charge in [-0.2, -0.15) is 18.4 Å². The third kappa shape index (κ3) is 2.34. The van der Waals surface area contributed by atoms with E-state index in [0.717, 1.165) is 4.90 Å². The zero-order chi connectivity index (χ0) is 12.3. The number of nitriles is 1. The van der Waals surface area contributed by atoms with Crippen LogP contribution in [0.25, 0.3) is 0 Å². The van der Waals surface area contributed by atoms with Crippen LogP contribution in [0.1, 0.15) is 0 Å². The van der Waals surface area contributed by atoms with Crippen molar-refractivity contribution in [3.05, 3.63) is 24.4 Å². The molecule has 0 saturated heterocycles. The van der Waals surface area contributed by atoms with Gasteiger partial charge in [0.2, 0.25) is 0 Å². The molecule has 1 rings (SSSR count). The lowest BCUT2D eigenvalue weighted by atomic mass is 10.2. The van der Waals surface area contributed by atoms with Gasteiger partial charge >= 0.3 is 12.2 Å². The van der Waals surface area contributed by atoms with Crippen LogP contribution in [-0.4, -0.2) is 29.7 Å². The fraction of sp³-hybridized carbons (Fsp3) is 0.333. The summed E-state index contributed by atoms with van der Waals surface area (Å²) in [6, 6.07) is -0.578. The number of urea groups is 1. The van der Waals surface area contributed by atoms with Crippen molar-refractivity contribution in [2.75, 3.05) is 6.54 Å². The van der Waals surface area contributed by atoms with Crippen LogP contribution < -0.4 is 5.32 Å². The monoisotopic (exact) mass is 231 g/mol. The van der Waals surface area contributed by atoms with E-state index in [0.29, 0.717) is 6.08 Å². The Morgan fingerprint density at radius 3 is 2.75 bits per heavy atom. The Morgan fingerprint density at radius 1 is 1.69 bits per heavy atom. The lowest BCUT2D eigenvalue weighted by Crippen LogP contribution is -2.51. The number of alkyl halides is 3. The Labute approximate surface area is 89.6 Å². The molecule has 1 unspecified atom stereocenters. The molecule has 1 aliphatic heterocycles. The molecule has 0 bridgehead atoms. The lowest BCUT2D eigenvalue weighted by molar-refractivity contribution is -0.0971. The van der Waals surface area contributed by atoms with Gasteiger partial charge in [-0.3, -0.25) is 0 Å². The quantitative estimate of drug-likeness (QED) is 0.733. The summed E-state index contributed by atoms with van der Waals surface area (Å²) in [6.07, 6.45) is -2.66. The number of hydrogen-bond donors (Lipinski definition) is 1. The zero-order valence-corrected chi connectivity index (χ0v) is 8.08. The Bertz CT molecular complexity index is 380. The first-order valence-corrected chi connectivity index (χ1v) is 4.27. The largest absolute Gasteiger partial charge is 0.431 e. The molecule has 0 aromatic heterocycles. The SMILES string of the molecule is C=CCN1C(=O)NC(C(F)(F)F)=CC1C#N. The molecule has 16 heavy (non-hydrogen) atoms. The van der Waals surface area contributed by atoms with Crippen molar-refractivity contribution in [2.45, 2.75) is 12.2 Å². The van der Waals surface area contributed by atoms with Crippen LogP contribution in [0.5, 0.6) is 0 Å². The Kier molecular flexibility index (Phi) is 3.22. The van der Waals surface area contributed by atoms with Crippen LogP contribution in [0.2, 0.25) is 0 Å². The minimum Gasteiger partial charge on any atom is -0.304 e. The molecule has 1 heterocycles. The Morgan fingerprint density at radius 2 is 2.31 bits per heavy atom. The minimum absolute atomic E-state index is 0.00565. The van der Waals surface area contributed by atoms with Crippen LogP contribution in [0.3, 0.4) is 0 Å². The van der Waals surface area contributed by atoms with Crippen molar-refractivity contribution in [1.29, 1.82) is 5.26 Å². The fourth-order valence-electron chi connectivity index (χ4n) is 1.21. The molecule has 0 radical (unpaired) electrons. The molecular formula is C9H8F3N3O. The van der Waals surface area contributed by atoms with Gasteiger partial charge in [0.25, 0.3) is 0 Å². The first-order chi connectivity index (χ1) is 7.40. The van der Waals surface area contributed by atoms with Crippen molar-refractivity contribution >= 4 is 6.03 Å². The summed E-state index contributed by atoms with van der Waals surface area (Å²) in [5, 5.41) is 10.4. The molecule has 86 valence electrons. The smallest absolute Gasteiger partial charge is 0.304 e. The van der Waals surface area contributed by atoms with Crippen molar-refractivity contribution in [2.24, 2.45) is 0 Å². The van der Waals surface area contributed by atoms with Gasteiger partial charge in [-0.1, -0.05) is 6.08 Å². The number of carbonyl (C=O) groups is 1. The number of amides is 2. The van der Waals surface area contributed by atoms with Gasteiger partial charge in [-0.15, -0.1) is 6.58 Å². The van der Waals surface area contributed by atoms with E-state index in [1.165, 1.54) is 6.08 Å². The Hall–Kier alpha value is -1.97. The van der Waals surface area contributed by atoms with E-state index < -0.39 is 23.9 Å². The van der Waals surface area contributed by atoms with Gasteiger partial charge in [-0.05, 0) is 6.08 Å². The average Bonchev–Trinajstić information content (AvgIpc) is 2.19. The van der Waals surface area contributed by atoms with Crippen LogP contribution in [-0.2, 0) is 0 Å². The second kappa shape index (κ2) is 4.26. The number of rotatable bonds is 2. The first kappa shape index (κ1) is 12.1. The third-order valence-electron chi connectivity index (χ3n) is 1.93. The van der Waals surface area contributed by atoms with Crippen molar-refractivity contribution in [3.63, 3.8) is 0 Å². The summed E-state index contributed by atoms with van der Waals surface area (Å²) in [5.41, 5.74) is -1.20. The van der Waals surface area contributed by atoms with Crippen LogP contribution >= 0.6 is 0 Å². The third-order valence-corrected chi connectivity index (χ3v) is 1.93. The molecular weight excluding hydrogens is 223 g/mol. The van der Waals surface area contributed by atoms with E-state index in [4.69, 9.17) is 5.26 Å². The van der Waals surface area contributed by atoms with E-state index in [-0.39, 0.29) is 6.54 Å². The molecule has 4 nitrogen and oxygen atoms in total. The number of nitrogens with zero attached hydrogens (tertiary/aromatic N) is 2. The van der Waals surface area contributed by atoms with Gasteiger partial charge in [0, 0.05) is 6.54 Å². The highest BCUT2D eigenvalue weighted by Gasteiger charge is 2.40. The number of carbonyl (C=O) groups excluding carboxylic acids is 1. The van der Waals surface area contributed by atoms with Crippen molar-refractivity contribution in [1.82, 2.24) is 10.2 Å². The molecule has 0 aromatic rings. The van der Waals surface area contributed by atoms with Crippen molar-refractivity contribution in [3.8, 4) is 6.07 Å². The number of hydrogen-bond acceptors (Lipinski definition) is 2. The summed E-state index contributed by atoms with van der Waals surface area (Å²) in [5.74, 6) is 0. The van der Waals surface area contributed by atoms with Crippen molar-refractivity contribution < 1.29 is 18.0 Å². The maximum Gasteiger partial charge on any atom is 0.431 e. The highest BCUT2D eigenvalue weighted by atomic mass is 19.4. The first-order valence-electron chi connectivity index (χ1n) is 4.27. The molecule has 0 aromatic carbocycles. The number of nitrogens with one attached hydrogen (secondary N) is 1. The van der Waals surface area contributed by atoms with E-state index in [2.05, 4.69) is 6.58 Å².